The third-order valence-electron chi connectivity index (χ3n) is 2.12. The summed E-state index contributed by atoms with van der Waals surface area (Å²) in [6.45, 7) is 0. The van der Waals surface area contributed by atoms with E-state index in [1.165, 1.54) is 12.1 Å². The highest BCUT2D eigenvalue weighted by Crippen LogP contribution is 2.29. The molecule has 0 unspecified atom stereocenters. The molecule has 2 rings (SSSR count). The molecule has 1 aromatic heterocycles. The predicted molar refractivity (Wildman–Crippen MR) is 51.4 cm³/mol. The number of benzene rings is 1. The molecule has 0 aliphatic rings. The van der Waals surface area contributed by atoms with Gasteiger partial charge < -0.3 is 4.52 Å². The van der Waals surface area contributed by atoms with Crippen molar-refractivity contribution in [2.45, 2.75) is 12.6 Å². The minimum atomic E-state index is -4.35. The normalized spacial score (nSPS) is 11.7. The molecule has 2 aromatic rings. The molecular weight excluding hydrogens is 237 g/mol. The van der Waals surface area contributed by atoms with Crippen LogP contribution in [0, 0.1) is 0 Å². The number of H-pyrrole nitrogens is 1. The number of aromatic nitrogens is 2. The highest BCUT2D eigenvalue weighted by molar-refractivity contribution is 5.26. The fraction of sp³-hybridized carbons (Fsp3) is 0.200. The van der Waals surface area contributed by atoms with Crippen LogP contribution < -0.4 is 5.69 Å². The summed E-state index contributed by atoms with van der Waals surface area (Å²) < 4.78 is 41.5. The van der Waals surface area contributed by atoms with E-state index in [1.807, 2.05) is 5.16 Å². The van der Waals surface area contributed by atoms with Crippen LogP contribution in [0.5, 0.6) is 0 Å². The van der Waals surface area contributed by atoms with Crippen molar-refractivity contribution in [3.8, 4) is 0 Å². The maximum Gasteiger partial charge on any atom is 0.416 e. The smallest absolute Gasteiger partial charge is 0.362 e. The van der Waals surface area contributed by atoms with Gasteiger partial charge in [0.25, 0.3) is 0 Å². The summed E-state index contributed by atoms with van der Waals surface area (Å²) in [5.74, 6) is 0.134. The SMILES string of the molecule is O=c1nc(Cc2ccc(C(F)(F)F)cc2)o[nH]1. The van der Waals surface area contributed by atoms with Gasteiger partial charge >= 0.3 is 11.9 Å². The third-order valence-corrected chi connectivity index (χ3v) is 2.12. The van der Waals surface area contributed by atoms with Gasteiger partial charge in [-0.3, -0.25) is 0 Å². The molecule has 90 valence electrons. The lowest BCUT2D eigenvalue weighted by Crippen LogP contribution is -2.04. The zero-order valence-corrected chi connectivity index (χ0v) is 8.41. The predicted octanol–water partition coefficient (Wildman–Crippen LogP) is 1.97. The van der Waals surface area contributed by atoms with Crippen molar-refractivity contribution in [1.82, 2.24) is 10.1 Å². The standard InChI is InChI=1S/C10H7F3N2O2/c11-10(12,13)7-3-1-6(2-4-7)5-8-14-9(16)15-17-8/h1-4H,5H2,(H,15,16). The average Bonchev–Trinajstić information content (AvgIpc) is 2.63. The molecule has 7 heteroatoms. The second kappa shape index (κ2) is 4.08. The zero-order chi connectivity index (χ0) is 12.5. The number of hydrogen-bond acceptors (Lipinski definition) is 3. The lowest BCUT2D eigenvalue weighted by atomic mass is 10.1. The molecule has 0 spiro atoms. The van der Waals surface area contributed by atoms with Crippen LogP contribution in [-0.2, 0) is 12.6 Å². The molecule has 0 amide bonds. The molecule has 4 nitrogen and oxygen atoms in total. The number of rotatable bonds is 2. The van der Waals surface area contributed by atoms with Gasteiger partial charge in [-0.1, -0.05) is 12.1 Å². The average molecular weight is 244 g/mol. The number of alkyl halides is 3. The Bertz CT molecular complexity index is 554. The monoisotopic (exact) mass is 244 g/mol. The van der Waals surface area contributed by atoms with Crippen molar-refractivity contribution in [3.63, 3.8) is 0 Å². The molecule has 1 N–H and O–H groups in total. The van der Waals surface area contributed by atoms with E-state index in [1.54, 1.807) is 0 Å². The Labute approximate surface area is 93.1 Å². The second-order valence-electron chi connectivity index (χ2n) is 3.39. The maximum absolute atomic E-state index is 12.3. The number of halogens is 3. The zero-order valence-electron chi connectivity index (χ0n) is 8.41. The summed E-state index contributed by atoms with van der Waals surface area (Å²) >= 11 is 0. The Morgan fingerprint density at radius 2 is 1.88 bits per heavy atom. The molecule has 0 saturated carbocycles. The first-order valence-corrected chi connectivity index (χ1v) is 4.66. The summed E-state index contributed by atoms with van der Waals surface area (Å²) in [4.78, 5) is 14.1. The number of nitrogens with one attached hydrogen (secondary N) is 1. The van der Waals surface area contributed by atoms with Crippen molar-refractivity contribution in [2.24, 2.45) is 0 Å². The van der Waals surface area contributed by atoms with Crippen LogP contribution in [0.1, 0.15) is 17.0 Å². The number of hydrogen-bond donors (Lipinski definition) is 1. The Kier molecular flexibility index (Phi) is 2.74. The minimum Gasteiger partial charge on any atom is -0.362 e. The lowest BCUT2D eigenvalue weighted by molar-refractivity contribution is -0.137. The van der Waals surface area contributed by atoms with Crippen molar-refractivity contribution < 1.29 is 17.7 Å². The van der Waals surface area contributed by atoms with E-state index in [0.29, 0.717) is 5.56 Å². The van der Waals surface area contributed by atoms with E-state index in [-0.39, 0.29) is 12.3 Å². The maximum atomic E-state index is 12.3. The van der Waals surface area contributed by atoms with E-state index in [9.17, 15) is 18.0 Å². The van der Waals surface area contributed by atoms with Crippen molar-refractivity contribution in [2.75, 3.05) is 0 Å². The highest BCUT2D eigenvalue weighted by Gasteiger charge is 2.29. The van der Waals surface area contributed by atoms with E-state index in [2.05, 4.69) is 4.98 Å². The first kappa shape index (κ1) is 11.4. The number of aromatic amines is 1. The van der Waals surface area contributed by atoms with Gasteiger partial charge in [0.05, 0.1) is 12.0 Å². The van der Waals surface area contributed by atoms with Crippen LogP contribution in [-0.4, -0.2) is 10.1 Å². The quantitative estimate of drug-likeness (QED) is 0.878. The van der Waals surface area contributed by atoms with E-state index < -0.39 is 17.4 Å². The third kappa shape index (κ3) is 2.74. The van der Waals surface area contributed by atoms with Gasteiger partial charge in [0.1, 0.15) is 0 Å². The summed E-state index contributed by atoms with van der Waals surface area (Å²) in [6.07, 6.45) is -4.19. The molecule has 0 bridgehead atoms. The van der Waals surface area contributed by atoms with Gasteiger partial charge in [-0.25, -0.2) is 4.79 Å². The van der Waals surface area contributed by atoms with Crippen molar-refractivity contribution in [1.29, 1.82) is 0 Å². The van der Waals surface area contributed by atoms with Crippen LogP contribution >= 0.6 is 0 Å². The Morgan fingerprint density at radius 3 is 2.35 bits per heavy atom. The highest BCUT2D eigenvalue weighted by atomic mass is 19.4. The largest absolute Gasteiger partial charge is 0.416 e. The van der Waals surface area contributed by atoms with Gasteiger partial charge in [-0.15, -0.1) is 0 Å². The van der Waals surface area contributed by atoms with Crippen LogP contribution in [0.4, 0.5) is 13.2 Å². The van der Waals surface area contributed by atoms with Gasteiger partial charge in [-0.05, 0) is 17.7 Å². The van der Waals surface area contributed by atoms with Gasteiger partial charge in [0.2, 0.25) is 5.89 Å². The molecule has 1 heterocycles. The van der Waals surface area contributed by atoms with Gasteiger partial charge in [-0.2, -0.15) is 23.3 Å². The van der Waals surface area contributed by atoms with Crippen molar-refractivity contribution >= 4 is 0 Å². The lowest BCUT2D eigenvalue weighted by Gasteiger charge is -2.06. The molecule has 0 atom stereocenters. The Hall–Kier alpha value is -2.05. The molecule has 0 fully saturated rings. The van der Waals surface area contributed by atoms with Gasteiger partial charge in [0.15, 0.2) is 0 Å². The summed E-state index contributed by atoms with van der Waals surface area (Å²) in [5, 5.41) is 2.00. The molecule has 1 aromatic carbocycles. The molecule has 17 heavy (non-hydrogen) atoms. The molecular formula is C10H7F3N2O2. The molecule has 0 aliphatic carbocycles. The Morgan fingerprint density at radius 1 is 1.24 bits per heavy atom. The fourth-order valence-corrected chi connectivity index (χ4v) is 1.32. The minimum absolute atomic E-state index is 0.134. The van der Waals surface area contributed by atoms with Crippen molar-refractivity contribution in [3.05, 3.63) is 51.8 Å². The van der Waals surface area contributed by atoms with E-state index in [4.69, 9.17) is 4.52 Å². The van der Waals surface area contributed by atoms with Gasteiger partial charge in [0, 0.05) is 0 Å². The van der Waals surface area contributed by atoms with Crippen LogP contribution in [0.2, 0.25) is 0 Å². The Balaban J connectivity index is 2.16. The summed E-state index contributed by atoms with van der Waals surface area (Å²) in [6, 6.07) is 4.58. The summed E-state index contributed by atoms with van der Waals surface area (Å²) in [7, 11) is 0. The summed E-state index contributed by atoms with van der Waals surface area (Å²) in [5.41, 5.74) is -0.759. The topological polar surface area (TPSA) is 58.9 Å². The second-order valence-corrected chi connectivity index (χ2v) is 3.39. The van der Waals surface area contributed by atoms with E-state index >= 15 is 0 Å². The molecule has 0 aliphatic heterocycles. The van der Waals surface area contributed by atoms with Crippen LogP contribution in [0.3, 0.4) is 0 Å². The van der Waals surface area contributed by atoms with Crippen LogP contribution in [0.15, 0.2) is 33.6 Å². The van der Waals surface area contributed by atoms with E-state index in [0.717, 1.165) is 12.1 Å². The number of nitrogens with zero attached hydrogens (tertiary/aromatic N) is 1. The first-order valence-electron chi connectivity index (χ1n) is 4.66. The first-order chi connectivity index (χ1) is 7.95. The molecule has 0 saturated heterocycles. The fourth-order valence-electron chi connectivity index (χ4n) is 1.32. The molecule has 0 radical (unpaired) electrons. The van der Waals surface area contributed by atoms with Crippen LogP contribution in [0.25, 0.3) is 0 Å².